The van der Waals surface area contributed by atoms with Gasteiger partial charge in [0.15, 0.2) is 6.54 Å². The Hall–Kier alpha value is -2.73. The zero-order chi connectivity index (χ0) is 17.9. The van der Waals surface area contributed by atoms with E-state index >= 15 is 0 Å². The van der Waals surface area contributed by atoms with E-state index in [4.69, 9.17) is 4.42 Å². The van der Waals surface area contributed by atoms with Crippen molar-refractivity contribution >= 4 is 5.69 Å². The predicted molar refractivity (Wildman–Crippen MR) is 97.5 cm³/mol. The highest BCUT2D eigenvalue weighted by Crippen LogP contribution is 2.18. The van der Waals surface area contributed by atoms with Gasteiger partial charge < -0.3 is 14.2 Å². The molecule has 1 aromatic heterocycles. The van der Waals surface area contributed by atoms with Crippen molar-refractivity contribution < 1.29 is 13.7 Å². The van der Waals surface area contributed by atoms with Crippen LogP contribution in [0.25, 0.3) is 11.5 Å². The standard InChI is InChI=1S/C20H21FN4O/c1-15-3-2-4-16(13-15)20-23-22-19(26-20)14-24-9-11-25(12-10-24)18-7-5-17(21)6-8-18/h2-8,13H,9-12,14H2,1H3/p+1. The smallest absolute Gasteiger partial charge is 0.271 e. The molecule has 1 fully saturated rings. The first kappa shape index (κ1) is 16.7. The van der Waals surface area contributed by atoms with Crippen LogP contribution in [-0.2, 0) is 6.54 Å². The predicted octanol–water partition coefficient (Wildman–Crippen LogP) is 2.09. The number of aryl methyl sites for hydroxylation is 1. The molecule has 0 unspecified atom stereocenters. The van der Waals surface area contributed by atoms with Crippen molar-refractivity contribution in [2.45, 2.75) is 13.5 Å². The molecular formula is C20H22FN4O+. The van der Waals surface area contributed by atoms with E-state index < -0.39 is 0 Å². The molecular weight excluding hydrogens is 331 g/mol. The minimum absolute atomic E-state index is 0.196. The minimum atomic E-state index is -0.196. The minimum Gasteiger partial charge on any atom is -0.415 e. The van der Waals surface area contributed by atoms with Gasteiger partial charge in [-0.15, -0.1) is 10.2 Å². The van der Waals surface area contributed by atoms with E-state index in [0.29, 0.717) is 11.8 Å². The van der Waals surface area contributed by atoms with Crippen molar-refractivity contribution in [1.29, 1.82) is 0 Å². The quantitative estimate of drug-likeness (QED) is 0.780. The van der Waals surface area contributed by atoms with Crippen molar-refractivity contribution in [1.82, 2.24) is 10.2 Å². The molecule has 2 aromatic carbocycles. The van der Waals surface area contributed by atoms with Crippen LogP contribution in [0, 0.1) is 12.7 Å². The topological polar surface area (TPSA) is 46.6 Å². The number of halogens is 1. The van der Waals surface area contributed by atoms with E-state index in [0.717, 1.165) is 44.0 Å². The van der Waals surface area contributed by atoms with Gasteiger partial charge in [0, 0.05) is 11.3 Å². The van der Waals surface area contributed by atoms with Crippen LogP contribution in [0.2, 0.25) is 0 Å². The number of benzene rings is 2. The molecule has 2 heterocycles. The molecule has 3 aromatic rings. The van der Waals surface area contributed by atoms with Gasteiger partial charge in [-0.3, -0.25) is 0 Å². The number of nitrogens with one attached hydrogen (secondary N) is 1. The van der Waals surface area contributed by atoms with E-state index in [1.54, 1.807) is 0 Å². The van der Waals surface area contributed by atoms with Crippen LogP contribution in [0.5, 0.6) is 0 Å². The summed E-state index contributed by atoms with van der Waals surface area (Å²) >= 11 is 0. The first-order valence-electron chi connectivity index (χ1n) is 8.91. The maximum atomic E-state index is 13.1. The average Bonchev–Trinajstić information content (AvgIpc) is 3.12. The molecule has 26 heavy (non-hydrogen) atoms. The Bertz CT molecular complexity index is 870. The molecule has 1 saturated heterocycles. The Balaban J connectivity index is 1.35. The van der Waals surface area contributed by atoms with Crippen LogP contribution in [0.1, 0.15) is 11.5 Å². The van der Waals surface area contributed by atoms with Gasteiger partial charge in [-0.1, -0.05) is 17.7 Å². The first-order chi connectivity index (χ1) is 12.7. The number of hydrogen-bond donors (Lipinski definition) is 1. The van der Waals surface area contributed by atoms with Crippen molar-refractivity contribution in [2.75, 3.05) is 31.1 Å². The van der Waals surface area contributed by atoms with Crippen LogP contribution >= 0.6 is 0 Å². The van der Waals surface area contributed by atoms with Gasteiger partial charge in [0.2, 0.25) is 5.89 Å². The summed E-state index contributed by atoms with van der Waals surface area (Å²) in [5.41, 5.74) is 3.20. The Morgan fingerprint density at radius 3 is 2.58 bits per heavy atom. The van der Waals surface area contributed by atoms with Gasteiger partial charge in [0.05, 0.1) is 26.2 Å². The summed E-state index contributed by atoms with van der Waals surface area (Å²) in [4.78, 5) is 3.71. The lowest BCUT2D eigenvalue weighted by Gasteiger charge is -2.33. The largest absolute Gasteiger partial charge is 0.415 e. The molecule has 0 radical (unpaired) electrons. The maximum absolute atomic E-state index is 13.1. The number of nitrogens with zero attached hydrogens (tertiary/aromatic N) is 3. The average molecular weight is 353 g/mol. The molecule has 1 aliphatic heterocycles. The molecule has 4 rings (SSSR count). The first-order valence-corrected chi connectivity index (χ1v) is 8.91. The van der Waals surface area contributed by atoms with Crippen LogP contribution in [0.4, 0.5) is 10.1 Å². The Kier molecular flexibility index (Phi) is 4.67. The second kappa shape index (κ2) is 7.25. The summed E-state index contributed by atoms with van der Waals surface area (Å²) in [7, 11) is 0. The number of rotatable bonds is 4. The fraction of sp³-hybridized carbons (Fsp3) is 0.300. The normalized spacial score (nSPS) is 15.4. The van der Waals surface area contributed by atoms with Crippen molar-refractivity contribution in [2.24, 2.45) is 0 Å². The van der Waals surface area contributed by atoms with Gasteiger partial charge in [0.1, 0.15) is 5.82 Å². The zero-order valence-corrected chi connectivity index (χ0v) is 14.8. The Morgan fingerprint density at radius 1 is 1.08 bits per heavy atom. The zero-order valence-electron chi connectivity index (χ0n) is 14.8. The lowest BCUT2D eigenvalue weighted by molar-refractivity contribution is -0.915. The van der Waals surface area contributed by atoms with Crippen LogP contribution in [0.15, 0.2) is 52.9 Å². The Morgan fingerprint density at radius 2 is 1.85 bits per heavy atom. The molecule has 1 N–H and O–H groups in total. The third kappa shape index (κ3) is 3.75. The highest BCUT2D eigenvalue weighted by molar-refractivity contribution is 5.53. The van der Waals surface area contributed by atoms with Gasteiger partial charge >= 0.3 is 0 Å². The molecule has 0 spiro atoms. The number of anilines is 1. The number of piperazine rings is 1. The highest BCUT2D eigenvalue weighted by atomic mass is 19.1. The van der Waals surface area contributed by atoms with Crippen molar-refractivity contribution in [3.63, 3.8) is 0 Å². The summed E-state index contributed by atoms with van der Waals surface area (Å²) in [6, 6.07) is 14.8. The van der Waals surface area contributed by atoms with Crippen molar-refractivity contribution in [3.8, 4) is 11.5 Å². The maximum Gasteiger partial charge on any atom is 0.271 e. The van der Waals surface area contributed by atoms with Gasteiger partial charge in [-0.05, 0) is 43.3 Å². The molecule has 0 saturated carbocycles. The molecule has 5 nitrogen and oxygen atoms in total. The molecule has 0 atom stereocenters. The van der Waals surface area contributed by atoms with E-state index in [-0.39, 0.29) is 5.82 Å². The third-order valence-electron chi connectivity index (χ3n) is 4.80. The SMILES string of the molecule is Cc1cccc(-c2nnc(C[NH+]3CCN(c4ccc(F)cc4)CC3)o2)c1. The number of aromatic nitrogens is 2. The van der Waals surface area contributed by atoms with Gasteiger partial charge in [-0.2, -0.15) is 0 Å². The van der Waals surface area contributed by atoms with E-state index in [1.165, 1.54) is 22.6 Å². The molecule has 6 heteroatoms. The highest BCUT2D eigenvalue weighted by Gasteiger charge is 2.22. The molecule has 0 aliphatic carbocycles. The lowest BCUT2D eigenvalue weighted by Crippen LogP contribution is -3.13. The van der Waals surface area contributed by atoms with E-state index in [2.05, 4.69) is 15.1 Å². The summed E-state index contributed by atoms with van der Waals surface area (Å²) in [6.07, 6.45) is 0. The summed E-state index contributed by atoms with van der Waals surface area (Å²) in [5.74, 6) is 1.05. The van der Waals surface area contributed by atoms with Crippen molar-refractivity contribution in [3.05, 3.63) is 65.8 Å². The Labute approximate surface area is 152 Å². The summed E-state index contributed by atoms with van der Waals surface area (Å²) < 4.78 is 18.9. The van der Waals surface area contributed by atoms with Crippen LogP contribution < -0.4 is 9.80 Å². The van der Waals surface area contributed by atoms with Gasteiger partial charge in [-0.25, -0.2) is 4.39 Å². The number of quaternary nitrogens is 1. The number of hydrogen-bond acceptors (Lipinski definition) is 4. The van der Waals surface area contributed by atoms with Crippen LogP contribution in [-0.4, -0.2) is 36.4 Å². The second-order valence-electron chi connectivity index (χ2n) is 6.76. The third-order valence-corrected chi connectivity index (χ3v) is 4.80. The monoisotopic (exact) mass is 353 g/mol. The van der Waals surface area contributed by atoms with Gasteiger partial charge in [0.25, 0.3) is 5.89 Å². The summed E-state index contributed by atoms with van der Waals surface area (Å²) in [6.45, 7) is 6.61. The second-order valence-corrected chi connectivity index (χ2v) is 6.76. The van der Waals surface area contributed by atoms with E-state index in [9.17, 15) is 4.39 Å². The molecule has 134 valence electrons. The lowest BCUT2D eigenvalue weighted by atomic mass is 10.1. The summed E-state index contributed by atoms with van der Waals surface area (Å²) in [5, 5.41) is 8.40. The molecule has 0 amide bonds. The fourth-order valence-corrected chi connectivity index (χ4v) is 3.34. The molecule has 0 bridgehead atoms. The van der Waals surface area contributed by atoms with Crippen LogP contribution in [0.3, 0.4) is 0 Å². The fourth-order valence-electron chi connectivity index (χ4n) is 3.34. The van der Waals surface area contributed by atoms with E-state index in [1.807, 2.05) is 43.3 Å². The molecule has 1 aliphatic rings.